The van der Waals surface area contributed by atoms with Gasteiger partial charge in [0.2, 0.25) is 0 Å². The first kappa shape index (κ1) is 32.0. The van der Waals surface area contributed by atoms with Crippen LogP contribution in [0.25, 0.3) is 33.6 Å². The fourth-order valence-corrected chi connectivity index (χ4v) is 5.98. The number of Topliss-reactive ketones (excluding diaryl/α,β-unsaturated/α-hetero) is 1. The van der Waals surface area contributed by atoms with Gasteiger partial charge in [0.05, 0.1) is 17.9 Å². The predicted molar refractivity (Wildman–Crippen MR) is 191 cm³/mol. The van der Waals surface area contributed by atoms with E-state index in [9.17, 15) is 9.59 Å². The number of rotatable bonds is 11. The lowest BCUT2D eigenvalue weighted by Crippen LogP contribution is -2.26. The van der Waals surface area contributed by atoms with Crippen molar-refractivity contribution in [2.45, 2.75) is 26.3 Å². The number of nitrogens with one attached hydrogen (secondary N) is 1. The first-order chi connectivity index (χ1) is 22.8. The van der Waals surface area contributed by atoms with Crippen molar-refractivity contribution in [1.29, 1.82) is 0 Å². The van der Waals surface area contributed by atoms with Crippen LogP contribution in [0.15, 0.2) is 127 Å². The number of ketones is 1. The van der Waals surface area contributed by atoms with Crippen molar-refractivity contribution in [3.63, 3.8) is 0 Å². The number of amides is 1. The van der Waals surface area contributed by atoms with Crippen molar-refractivity contribution in [3.8, 4) is 33.6 Å². The van der Waals surface area contributed by atoms with Gasteiger partial charge in [-0.1, -0.05) is 120 Å². The van der Waals surface area contributed by atoms with Crippen molar-refractivity contribution in [2.24, 2.45) is 0 Å². The van der Waals surface area contributed by atoms with E-state index in [2.05, 4.69) is 60.8 Å². The van der Waals surface area contributed by atoms with Crippen LogP contribution >= 0.6 is 23.2 Å². The van der Waals surface area contributed by atoms with E-state index in [1.807, 2.05) is 65.3 Å². The first-order valence-electron chi connectivity index (χ1n) is 15.5. The molecule has 0 aliphatic heterocycles. The number of benzene rings is 5. The van der Waals surface area contributed by atoms with Crippen LogP contribution in [-0.4, -0.2) is 28.0 Å². The maximum atomic E-state index is 12.8. The second kappa shape index (κ2) is 14.6. The summed E-state index contributed by atoms with van der Waals surface area (Å²) < 4.78 is 1.96. The topological polar surface area (TPSA) is 64.0 Å². The van der Waals surface area contributed by atoms with Crippen molar-refractivity contribution in [1.82, 2.24) is 15.1 Å². The van der Waals surface area contributed by atoms with E-state index in [4.69, 9.17) is 28.3 Å². The summed E-state index contributed by atoms with van der Waals surface area (Å²) in [6.07, 6.45) is 0.650. The van der Waals surface area contributed by atoms with Gasteiger partial charge in [-0.05, 0) is 71.1 Å². The summed E-state index contributed by atoms with van der Waals surface area (Å²) >= 11 is 12.7. The molecule has 5 nitrogen and oxygen atoms in total. The lowest BCUT2D eigenvalue weighted by molar-refractivity contribution is -0.118. The van der Waals surface area contributed by atoms with Crippen LogP contribution < -0.4 is 5.32 Å². The molecule has 0 bridgehead atoms. The number of halogens is 2. The molecule has 7 heteroatoms. The highest BCUT2D eigenvalue weighted by molar-refractivity contribution is 6.35. The van der Waals surface area contributed by atoms with Gasteiger partial charge in [0.15, 0.2) is 0 Å². The van der Waals surface area contributed by atoms with E-state index >= 15 is 0 Å². The minimum atomic E-state index is -0.211. The molecule has 1 amide bonds. The number of nitrogens with zero attached hydrogens (tertiary/aromatic N) is 2. The van der Waals surface area contributed by atoms with Gasteiger partial charge < -0.3 is 5.32 Å². The highest BCUT2D eigenvalue weighted by atomic mass is 35.5. The summed E-state index contributed by atoms with van der Waals surface area (Å²) in [5.74, 6) is -0.122. The van der Waals surface area contributed by atoms with E-state index in [0.29, 0.717) is 35.1 Å². The van der Waals surface area contributed by atoms with Crippen molar-refractivity contribution < 1.29 is 9.59 Å². The molecule has 1 aromatic heterocycles. The normalized spacial score (nSPS) is 11.0. The van der Waals surface area contributed by atoms with Gasteiger partial charge in [0.25, 0.3) is 5.91 Å². The summed E-state index contributed by atoms with van der Waals surface area (Å²) in [6.45, 7) is 2.86. The fraction of sp³-hybridized carbons (Fsp3) is 0.125. The van der Waals surface area contributed by atoms with Crippen LogP contribution in [-0.2, 0) is 17.8 Å². The van der Waals surface area contributed by atoms with Gasteiger partial charge in [-0.2, -0.15) is 5.10 Å². The molecule has 1 N–H and O–H groups in total. The van der Waals surface area contributed by atoms with E-state index in [1.165, 1.54) is 5.56 Å². The summed E-state index contributed by atoms with van der Waals surface area (Å²) in [5, 5.41) is 8.91. The maximum absolute atomic E-state index is 12.8. The Balaban J connectivity index is 1.18. The van der Waals surface area contributed by atoms with E-state index < -0.39 is 0 Å². The van der Waals surface area contributed by atoms with E-state index in [-0.39, 0.29) is 18.1 Å². The molecule has 0 aliphatic carbocycles. The smallest absolute Gasteiger partial charge is 0.251 e. The zero-order chi connectivity index (χ0) is 32.8. The largest absolute Gasteiger partial charge is 0.352 e. The lowest BCUT2D eigenvalue weighted by atomic mass is 10.0. The number of carbonyl (C=O) groups is 2. The van der Waals surface area contributed by atoms with Gasteiger partial charge in [-0.3, -0.25) is 14.3 Å². The second-order valence-corrected chi connectivity index (χ2v) is 12.5. The Morgan fingerprint density at radius 1 is 0.681 bits per heavy atom. The van der Waals surface area contributed by atoms with Gasteiger partial charge >= 0.3 is 0 Å². The van der Waals surface area contributed by atoms with E-state index in [0.717, 1.165) is 44.8 Å². The molecule has 234 valence electrons. The fourth-order valence-electron chi connectivity index (χ4n) is 5.46. The number of hydrogen-bond acceptors (Lipinski definition) is 3. The third-order valence-corrected chi connectivity index (χ3v) is 8.42. The summed E-state index contributed by atoms with van der Waals surface area (Å²) in [5.41, 5.74) is 9.55. The average Bonchev–Trinajstić information content (AvgIpc) is 3.49. The Morgan fingerprint density at radius 2 is 1.30 bits per heavy atom. The van der Waals surface area contributed by atoms with Crippen LogP contribution in [0, 0.1) is 6.92 Å². The second-order valence-electron chi connectivity index (χ2n) is 11.6. The minimum absolute atomic E-state index is 0.0890. The zero-order valence-electron chi connectivity index (χ0n) is 25.9. The molecule has 0 fully saturated rings. The molecule has 6 rings (SSSR count). The molecule has 0 saturated heterocycles. The Bertz CT molecular complexity index is 1980. The van der Waals surface area contributed by atoms with Gasteiger partial charge in [0.1, 0.15) is 5.78 Å². The third kappa shape index (κ3) is 8.25. The van der Waals surface area contributed by atoms with Crippen molar-refractivity contribution in [2.75, 3.05) is 6.54 Å². The van der Waals surface area contributed by atoms with Crippen molar-refractivity contribution in [3.05, 3.63) is 160 Å². The standard InChI is InChI=1S/C40H33Cl2N3O2/c1-27-7-11-30(12-8-27)31-15-17-32(18-16-31)39-25-38(34-22-35(41)24-36(42)23-34)44-45(39)26-29-9-13-33(14-10-29)40(47)43-20-19-37(46)21-28-5-3-2-4-6-28/h2-18,22-25H,19-21,26H2,1H3,(H,43,47). The molecule has 0 spiro atoms. The lowest BCUT2D eigenvalue weighted by Gasteiger charge is -2.10. The Labute approximate surface area is 284 Å². The number of carbonyl (C=O) groups excluding carboxylic acids is 2. The SMILES string of the molecule is Cc1ccc(-c2ccc(-c3cc(-c4cc(Cl)cc(Cl)c4)nn3Cc3ccc(C(=O)NCCC(=O)Cc4ccccc4)cc3)cc2)cc1. The number of aromatic nitrogens is 2. The van der Waals surface area contributed by atoms with E-state index in [1.54, 1.807) is 18.2 Å². The Hall–Kier alpha value is -4.97. The highest BCUT2D eigenvalue weighted by Crippen LogP contribution is 2.32. The maximum Gasteiger partial charge on any atom is 0.251 e. The summed E-state index contributed by atoms with van der Waals surface area (Å²) in [4.78, 5) is 25.1. The molecule has 5 aromatic carbocycles. The summed E-state index contributed by atoms with van der Waals surface area (Å²) in [7, 11) is 0. The molecule has 0 unspecified atom stereocenters. The molecule has 0 saturated carbocycles. The molecule has 0 aliphatic rings. The molecule has 47 heavy (non-hydrogen) atoms. The Morgan fingerprint density at radius 3 is 1.96 bits per heavy atom. The predicted octanol–water partition coefficient (Wildman–Crippen LogP) is 9.48. The van der Waals surface area contributed by atoms with Gasteiger partial charge in [0, 0.05) is 40.6 Å². The zero-order valence-corrected chi connectivity index (χ0v) is 27.4. The summed E-state index contributed by atoms with van der Waals surface area (Å²) in [6, 6.07) is 41.5. The van der Waals surface area contributed by atoms with Crippen LogP contribution in [0.5, 0.6) is 0 Å². The minimum Gasteiger partial charge on any atom is -0.352 e. The first-order valence-corrected chi connectivity index (χ1v) is 16.2. The van der Waals surface area contributed by atoms with Crippen LogP contribution in [0.1, 0.15) is 33.5 Å². The van der Waals surface area contributed by atoms with Crippen LogP contribution in [0.4, 0.5) is 0 Å². The average molecular weight is 659 g/mol. The number of hydrogen-bond donors (Lipinski definition) is 1. The van der Waals surface area contributed by atoms with Gasteiger partial charge in [-0.25, -0.2) is 0 Å². The Kier molecular flexibility index (Phi) is 9.96. The molecule has 0 atom stereocenters. The molecular weight excluding hydrogens is 625 g/mol. The third-order valence-electron chi connectivity index (χ3n) is 7.99. The van der Waals surface area contributed by atoms with Crippen LogP contribution in [0.3, 0.4) is 0 Å². The van der Waals surface area contributed by atoms with Crippen LogP contribution in [0.2, 0.25) is 10.0 Å². The molecule has 1 heterocycles. The monoisotopic (exact) mass is 657 g/mol. The molecule has 0 radical (unpaired) electrons. The molecular formula is C40H33Cl2N3O2. The molecule has 6 aromatic rings. The van der Waals surface area contributed by atoms with Gasteiger partial charge in [-0.15, -0.1) is 0 Å². The van der Waals surface area contributed by atoms with Crippen molar-refractivity contribution >= 4 is 34.9 Å². The number of aryl methyl sites for hydroxylation is 1. The quantitative estimate of drug-likeness (QED) is 0.151. The highest BCUT2D eigenvalue weighted by Gasteiger charge is 2.15.